The zero-order chi connectivity index (χ0) is 18.4. The van der Waals surface area contributed by atoms with E-state index in [1.165, 1.54) is 5.56 Å². The predicted molar refractivity (Wildman–Crippen MR) is 103 cm³/mol. The summed E-state index contributed by atoms with van der Waals surface area (Å²) >= 11 is 0. The largest absolute Gasteiger partial charge is 0.457 e. The summed E-state index contributed by atoms with van der Waals surface area (Å²) < 4.78 is 5.46. The molecule has 0 unspecified atom stereocenters. The van der Waals surface area contributed by atoms with Gasteiger partial charge in [-0.05, 0) is 56.5 Å². The Morgan fingerprint density at radius 3 is 2.40 bits per heavy atom. The van der Waals surface area contributed by atoms with Gasteiger partial charge < -0.3 is 9.64 Å². The zero-order valence-corrected chi connectivity index (χ0v) is 15.7. The number of ether oxygens (including phenoxy) is 1. The number of hydrogen-bond donors (Lipinski definition) is 0. The van der Waals surface area contributed by atoms with Gasteiger partial charge in [0.05, 0.1) is 17.6 Å². The molecular weight excluding hydrogens is 312 g/mol. The van der Waals surface area contributed by atoms with Crippen LogP contribution in [0, 0.1) is 20.8 Å². The molecule has 0 saturated heterocycles. The zero-order valence-electron chi connectivity index (χ0n) is 15.7. The number of benzene rings is 2. The molecule has 0 radical (unpaired) electrons. The standard InChI is InChI=1S/C21H26N2O2/c1-6-23(5)14-22-20-12-11-19(16(3)17(20)4)21(24)25-13-18-9-7-15(2)8-10-18/h7-12,14H,6,13H2,1-5H3. The summed E-state index contributed by atoms with van der Waals surface area (Å²) in [6, 6.07) is 11.6. The second-order valence-electron chi connectivity index (χ2n) is 6.26. The monoisotopic (exact) mass is 338 g/mol. The Labute approximate surface area is 150 Å². The van der Waals surface area contributed by atoms with Gasteiger partial charge in [-0.15, -0.1) is 0 Å². The van der Waals surface area contributed by atoms with Gasteiger partial charge in [-0.1, -0.05) is 29.8 Å². The van der Waals surface area contributed by atoms with Crippen LogP contribution in [0.2, 0.25) is 0 Å². The van der Waals surface area contributed by atoms with E-state index >= 15 is 0 Å². The molecule has 2 aromatic carbocycles. The molecule has 0 N–H and O–H groups in total. The van der Waals surface area contributed by atoms with Crippen LogP contribution in [0.1, 0.15) is 39.5 Å². The Kier molecular flexibility index (Phi) is 6.34. The van der Waals surface area contributed by atoms with E-state index in [1.54, 1.807) is 12.4 Å². The molecule has 0 aliphatic carbocycles. The summed E-state index contributed by atoms with van der Waals surface area (Å²) in [7, 11) is 1.97. The van der Waals surface area contributed by atoms with Gasteiger partial charge in [-0.2, -0.15) is 0 Å². The summed E-state index contributed by atoms with van der Waals surface area (Å²) in [5.74, 6) is -0.303. The maximum Gasteiger partial charge on any atom is 0.338 e. The van der Waals surface area contributed by atoms with E-state index in [2.05, 4.69) is 11.9 Å². The van der Waals surface area contributed by atoms with E-state index in [9.17, 15) is 4.79 Å². The Balaban J connectivity index is 2.10. The highest BCUT2D eigenvalue weighted by Crippen LogP contribution is 2.25. The number of aryl methyl sites for hydroxylation is 1. The van der Waals surface area contributed by atoms with Gasteiger partial charge in [0.2, 0.25) is 0 Å². The van der Waals surface area contributed by atoms with Crippen molar-refractivity contribution in [3.63, 3.8) is 0 Å². The van der Waals surface area contributed by atoms with Crippen molar-refractivity contribution < 1.29 is 9.53 Å². The van der Waals surface area contributed by atoms with Gasteiger partial charge in [0.15, 0.2) is 0 Å². The van der Waals surface area contributed by atoms with Crippen LogP contribution in [0.4, 0.5) is 5.69 Å². The van der Waals surface area contributed by atoms with Crippen molar-refractivity contribution in [1.29, 1.82) is 0 Å². The van der Waals surface area contributed by atoms with Crippen molar-refractivity contribution >= 4 is 18.0 Å². The number of hydrogen-bond acceptors (Lipinski definition) is 3. The average molecular weight is 338 g/mol. The maximum atomic E-state index is 12.4. The summed E-state index contributed by atoms with van der Waals surface area (Å²) in [6.07, 6.45) is 1.80. The highest BCUT2D eigenvalue weighted by Gasteiger charge is 2.14. The molecule has 132 valence electrons. The molecule has 0 fully saturated rings. The first-order chi connectivity index (χ1) is 11.9. The van der Waals surface area contributed by atoms with Crippen LogP contribution in [0.25, 0.3) is 0 Å². The highest BCUT2D eigenvalue weighted by atomic mass is 16.5. The molecule has 4 nitrogen and oxygen atoms in total. The Morgan fingerprint density at radius 1 is 1.08 bits per heavy atom. The quantitative estimate of drug-likeness (QED) is 0.440. The second-order valence-corrected chi connectivity index (χ2v) is 6.26. The van der Waals surface area contributed by atoms with Crippen molar-refractivity contribution in [2.45, 2.75) is 34.3 Å². The normalized spacial score (nSPS) is 10.9. The predicted octanol–water partition coefficient (Wildman–Crippen LogP) is 4.58. The van der Waals surface area contributed by atoms with Gasteiger partial charge in [0.25, 0.3) is 0 Å². The fraction of sp³-hybridized carbons (Fsp3) is 0.333. The average Bonchev–Trinajstić information content (AvgIpc) is 2.62. The Morgan fingerprint density at radius 2 is 1.76 bits per heavy atom. The number of carbonyl (C=O) groups excluding carboxylic acids is 1. The SMILES string of the molecule is CCN(C)C=Nc1ccc(C(=O)OCc2ccc(C)cc2)c(C)c1C. The van der Waals surface area contributed by atoms with E-state index in [4.69, 9.17) is 4.74 Å². The molecule has 4 heteroatoms. The first kappa shape index (κ1) is 18.7. The molecular formula is C21H26N2O2. The van der Waals surface area contributed by atoms with Crippen LogP contribution in [0.3, 0.4) is 0 Å². The third kappa shape index (κ3) is 4.92. The highest BCUT2D eigenvalue weighted by molar-refractivity contribution is 5.92. The molecule has 0 spiro atoms. The number of carbonyl (C=O) groups is 1. The molecule has 0 heterocycles. The third-order valence-corrected chi connectivity index (χ3v) is 4.36. The number of nitrogens with zero attached hydrogens (tertiary/aromatic N) is 2. The van der Waals surface area contributed by atoms with Gasteiger partial charge >= 0.3 is 5.97 Å². The topological polar surface area (TPSA) is 41.9 Å². The molecule has 0 aromatic heterocycles. The van der Waals surface area contributed by atoms with Crippen molar-refractivity contribution in [3.8, 4) is 0 Å². The van der Waals surface area contributed by atoms with E-state index in [0.29, 0.717) is 5.56 Å². The smallest absolute Gasteiger partial charge is 0.338 e. The van der Waals surface area contributed by atoms with Gasteiger partial charge in [0, 0.05) is 13.6 Å². The van der Waals surface area contributed by atoms with Crippen LogP contribution in [0.5, 0.6) is 0 Å². The van der Waals surface area contributed by atoms with Crippen molar-refractivity contribution in [2.75, 3.05) is 13.6 Å². The first-order valence-electron chi connectivity index (χ1n) is 8.49. The Bertz CT molecular complexity index is 764. The van der Waals surface area contributed by atoms with Crippen molar-refractivity contribution in [3.05, 3.63) is 64.2 Å². The summed E-state index contributed by atoms with van der Waals surface area (Å²) in [4.78, 5) is 18.9. The molecule has 0 aliphatic rings. The minimum absolute atomic E-state index is 0.277. The Hall–Kier alpha value is -2.62. The molecule has 0 aliphatic heterocycles. The molecule has 0 saturated carbocycles. The van der Waals surface area contributed by atoms with Gasteiger partial charge in [-0.25, -0.2) is 9.79 Å². The molecule has 0 bridgehead atoms. The lowest BCUT2D eigenvalue weighted by Gasteiger charge is -2.12. The summed E-state index contributed by atoms with van der Waals surface area (Å²) in [5.41, 5.74) is 5.53. The number of aliphatic imine (C=N–C) groups is 1. The van der Waals surface area contributed by atoms with Crippen molar-refractivity contribution in [1.82, 2.24) is 4.90 Å². The van der Waals surface area contributed by atoms with E-state index in [0.717, 1.165) is 28.9 Å². The summed E-state index contributed by atoms with van der Waals surface area (Å²) in [5, 5.41) is 0. The molecule has 2 rings (SSSR count). The summed E-state index contributed by atoms with van der Waals surface area (Å²) in [6.45, 7) is 9.18. The van der Waals surface area contributed by atoms with Gasteiger partial charge in [-0.3, -0.25) is 0 Å². The third-order valence-electron chi connectivity index (χ3n) is 4.36. The van der Waals surface area contributed by atoms with Crippen LogP contribution >= 0.6 is 0 Å². The lowest BCUT2D eigenvalue weighted by atomic mass is 10.0. The van der Waals surface area contributed by atoms with E-state index in [-0.39, 0.29) is 12.6 Å². The lowest BCUT2D eigenvalue weighted by Crippen LogP contribution is -2.14. The molecule has 25 heavy (non-hydrogen) atoms. The van der Waals surface area contributed by atoms with E-state index < -0.39 is 0 Å². The van der Waals surface area contributed by atoms with Crippen LogP contribution < -0.4 is 0 Å². The van der Waals surface area contributed by atoms with E-state index in [1.807, 2.05) is 63.1 Å². The lowest BCUT2D eigenvalue weighted by molar-refractivity contribution is 0.0472. The molecule has 0 atom stereocenters. The van der Waals surface area contributed by atoms with Crippen LogP contribution in [-0.2, 0) is 11.3 Å². The fourth-order valence-electron chi connectivity index (χ4n) is 2.32. The molecule has 2 aromatic rings. The number of esters is 1. The number of rotatable bonds is 6. The first-order valence-corrected chi connectivity index (χ1v) is 8.49. The van der Waals surface area contributed by atoms with Crippen LogP contribution in [0.15, 0.2) is 41.4 Å². The van der Waals surface area contributed by atoms with Crippen LogP contribution in [-0.4, -0.2) is 30.8 Å². The second kappa shape index (κ2) is 8.47. The van der Waals surface area contributed by atoms with Crippen molar-refractivity contribution in [2.24, 2.45) is 4.99 Å². The minimum atomic E-state index is -0.303. The minimum Gasteiger partial charge on any atom is -0.457 e. The fourth-order valence-corrected chi connectivity index (χ4v) is 2.32. The maximum absolute atomic E-state index is 12.4. The molecule has 0 amide bonds. The van der Waals surface area contributed by atoms with Gasteiger partial charge in [0.1, 0.15) is 6.61 Å².